The first-order valence-corrected chi connectivity index (χ1v) is 9.56. The Morgan fingerprint density at radius 1 is 0.586 bits per heavy atom. The standard InChI is InChI=1S/C27H18O2/c28-27(29)24-15-7-13-22(18-8-2-1-3-9-18)26(24)23-14-6-12-21-16-19-10-4-5-11-20(19)17-25(21)23/h1-17H,(H,28,29). The lowest BCUT2D eigenvalue weighted by molar-refractivity contribution is 0.0698. The smallest absolute Gasteiger partial charge is 0.336 e. The van der Waals surface area contributed by atoms with E-state index < -0.39 is 5.97 Å². The van der Waals surface area contributed by atoms with Gasteiger partial charge in [0.2, 0.25) is 0 Å². The Bertz CT molecular complexity index is 1370. The van der Waals surface area contributed by atoms with Crippen LogP contribution in [0.3, 0.4) is 0 Å². The molecular formula is C27H18O2. The first-order valence-electron chi connectivity index (χ1n) is 9.56. The summed E-state index contributed by atoms with van der Waals surface area (Å²) in [5.41, 5.74) is 3.93. The monoisotopic (exact) mass is 374 g/mol. The van der Waals surface area contributed by atoms with Gasteiger partial charge in [0.25, 0.3) is 0 Å². The van der Waals surface area contributed by atoms with E-state index in [1.54, 1.807) is 6.07 Å². The van der Waals surface area contributed by atoms with E-state index in [4.69, 9.17) is 0 Å². The Balaban J connectivity index is 1.89. The molecule has 1 N–H and O–H groups in total. The number of hydrogen-bond donors (Lipinski definition) is 1. The van der Waals surface area contributed by atoms with E-state index in [-0.39, 0.29) is 0 Å². The maximum Gasteiger partial charge on any atom is 0.336 e. The first kappa shape index (κ1) is 17.2. The second-order valence-corrected chi connectivity index (χ2v) is 7.13. The van der Waals surface area contributed by atoms with E-state index in [0.717, 1.165) is 38.4 Å². The van der Waals surface area contributed by atoms with Gasteiger partial charge in [-0.15, -0.1) is 0 Å². The van der Waals surface area contributed by atoms with Gasteiger partial charge in [0.1, 0.15) is 0 Å². The Kier molecular flexibility index (Phi) is 4.10. The number of rotatable bonds is 3. The molecule has 2 nitrogen and oxygen atoms in total. The average molecular weight is 374 g/mol. The van der Waals surface area contributed by atoms with Crippen molar-refractivity contribution in [2.75, 3.05) is 0 Å². The first-order chi connectivity index (χ1) is 14.2. The predicted molar refractivity (Wildman–Crippen MR) is 119 cm³/mol. The van der Waals surface area contributed by atoms with Crippen molar-refractivity contribution >= 4 is 27.5 Å². The van der Waals surface area contributed by atoms with Gasteiger partial charge in [-0.25, -0.2) is 4.79 Å². The van der Waals surface area contributed by atoms with Crippen LogP contribution in [0.15, 0.2) is 103 Å². The molecule has 0 aliphatic rings. The number of aromatic carboxylic acids is 1. The molecule has 5 aromatic rings. The zero-order chi connectivity index (χ0) is 19.8. The van der Waals surface area contributed by atoms with Gasteiger partial charge >= 0.3 is 5.97 Å². The Hall–Kier alpha value is -3.91. The van der Waals surface area contributed by atoms with Crippen LogP contribution in [0.4, 0.5) is 0 Å². The molecule has 0 heterocycles. The van der Waals surface area contributed by atoms with Crippen molar-refractivity contribution < 1.29 is 9.90 Å². The molecule has 0 bridgehead atoms. The van der Waals surface area contributed by atoms with Gasteiger partial charge in [0, 0.05) is 5.56 Å². The molecule has 29 heavy (non-hydrogen) atoms. The van der Waals surface area contributed by atoms with Crippen LogP contribution in [0.1, 0.15) is 10.4 Å². The lowest BCUT2D eigenvalue weighted by Crippen LogP contribution is -2.01. The van der Waals surface area contributed by atoms with Gasteiger partial charge in [-0.05, 0) is 56.4 Å². The number of fused-ring (bicyclic) bond motifs is 2. The molecule has 0 saturated heterocycles. The lowest BCUT2D eigenvalue weighted by Gasteiger charge is -2.16. The van der Waals surface area contributed by atoms with E-state index >= 15 is 0 Å². The van der Waals surface area contributed by atoms with Crippen LogP contribution in [0.5, 0.6) is 0 Å². The zero-order valence-electron chi connectivity index (χ0n) is 15.7. The van der Waals surface area contributed by atoms with Crippen molar-refractivity contribution in [3.8, 4) is 22.3 Å². The van der Waals surface area contributed by atoms with Crippen LogP contribution < -0.4 is 0 Å². The molecule has 0 unspecified atom stereocenters. The number of carboxylic acid groups (broad SMARTS) is 1. The minimum Gasteiger partial charge on any atom is -0.478 e. The fourth-order valence-corrected chi connectivity index (χ4v) is 4.06. The van der Waals surface area contributed by atoms with Gasteiger partial charge in [-0.1, -0.05) is 84.9 Å². The number of hydrogen-bond acceptors (Lipinski definition) is 1. The van der Waals surface area contributed by atoms with Crippen LogP contribution in [0, 0.1) is 0 Å². The molecule has 5 aromatic carbocycles. The predicted octanol–water partition coefficient (Wildman–Crippen LogP) is 7.03. The molecule has 5 rings (SSSR count). The fourth-order valence-electron chi connectivity index (χ4n) is 4.06. The quantitative estimate of drug-likeness (QED) is 0.344. The summed E-state index contributed by atoms with van der Waals surface area (Å²) in [6, 6.07) is 34.1. The van der Waals surface area contributed by atoms with Gasteiger partial charge in [-0.2, -0.15) is 0 Å². The molecule has 0 aromatic heterocycles. The summed E-state index contributed by atoms with van der Waals surface area (Å²) in [6.07, 6.45) is 0. The summed E-state index contributed by atoms with van der Waals surface area (Å²) in [5.74, 6) is -0.921. The van der Waals surface area contributed by atoms with Gasteiger partial charge in [0.05, 0.1) is 5.56 Å². The second-order valence-electron chi connectivity index (χ2n) is 7.13. The number of carbonyl (C=O) groups is 1. The minimum absolute atomic E-state index is 0.312. The lowest BCUT2D eigenvalue weighted by atomic mass is 9.87. The third kappa shape index (κ3) is 2.95. The number of benzene rings is 5. The molecule has 0 atom stereocenters. The van der Waals surface area contributed by atoms with Crippen molar-refractivity contribution in [2.24, 2.45) is 0 Å². The Labute approximate surface area is 168 Å². The highest BCUT2D eigenvalue weighted by atomic mass is 16.4. The molecular weight excluding hydrogens is 356 g/mol. The Morgan fingerprint density at radius 3 is 1.97 bits per heavy atom. The van der Waals surface area contributed by atoms with E-state index in [2.05, 4.69) is 30.3 Å². The summed E-state index contributed by atoms with van der Waals surface area (Å²) in [5, 5.41) is 14.4. The highest BCUT2D eigenvalue weighted by molar-refractivity contribution is 6.10. The molecule has 0 amide bonds. The summed E-state index contributed by atoms with van der Waals surface area (Å²) in [4.78, 5) is 12.1. The van der Waals surface area contributed by atoms with Crippen molar-refractivity contribution in [2.45, 2.75) is 0 Å². The molecule has 0 radical (unpaired) electrons. The summed E-state index contributed by atoms with van der Waals surface area (Å²) < 4.78 is 0. The van der Waals surface area contributed by atoms with Crippen LogP contribution in [-0.4, -0.2) is 11.1 Å². The topological polar surface area (TPSA) is 37.3 Å². The fraction of sp³-hybridized carbons (Fsp3) is 0. The van der Waals surface area contributed by atoms with Gasteiger partial charge in [0.15, 0.2) is 0 Å². The van der Waals surface area contributed by atoms with E-state index in [9.17, 15) is 9.90 Å². The van der Waals surface area contributed by atoms with Crippen LogP contribution >= 0.6 is 0 Å². The largest absolute Gasteiger partial charge is 0.478 e. The highest BCUT2D eigenvalue weighted by Crippen LogP contribution is 2.39. The second kappa shape index (κ2) is 6.92. The SMILES string of the molecule is O=C(O)c1cccc(-c2ccccc2)c1-c1cccc2cc3ccccc3cc12. The van der Waals surface area contributed by atoms with Crippen molar-refractivity contribution in [3.63, 3.8) is 0 Å². The van der Waals surface area contributed by atoms with Crippen molar-refractivity contribution in [1.82, 2.24) is 0 Å². The molecule has 0 saturated carbocycles. The number of carboxylic acids is 1. The third-order valence-corrected chi connectivity index (χ3v) is 5.40. The maximum absolute atomic E-state index is 12.1. The van der Waals surface area contributed by atoms with Crippen molar-refractivity contribution in [1.29, 1.82) is 0 Å². The van der Waals surface area contributed by atoms with Crippen LogP contribution in [0.2, 0.25) is 0 Å². The summed E-state index contributed by atoms with van der Waals surface area (Å²) >= 11 is 0. The highest BCUT2D eigenvalue weighted by Gasteiger charge is 2.18. The van der Waals surface area contributed by atoms with Crippen LogP contribution in [0.25, 0.3) is 43.8 Å². The third-order valence-electron chi connectivity index (χ3n) is 5.40. The zero-order valence-corrected chi connectivity index (χ0v) is 15.7. The molecule has 0 aliphatic heterocycles. The van der Waals surface area contributed by atoms with E-state index in [0.29, 0.717) is 5.56 Å². The van der Waals surface area contributed by atoms with Crippen LogP contribution in [-0.2, 0) is 0 Å². The van der Waals surface area contributed by atoms with E-state index in [1.807, 2.05) is 66.7 Å². The normalized spacial score (nSPS) is 11.0. The molecule has 0 spiro atoms. The minimum atomic E-state index is -0.921. The maximum atomic E-state index is 12.1. The molecule has 0 aliphatic carbocycles. The summed E-state index contributed by atoms with van der Waals surface area (Å²) in [7, 11) is 0. The Morgan fingerprint density at radius 2 is 1.21 bits per heavy atom. The molecule has 0 fully saturated rings. The van der Waals surface area contributed by atoms with Crippen molar-refractivity contribution in [3.05, 3.63) is 109 Å². The molecule has 138 valence electrons. The summed E-state index contributed by atoms with van der Waals surface area (Å²) in [6.45, 7) is 0. The van der Waals surface area contributed by atoms with Gasteiger partial charge < -0.3 is 5.11 Å². The van der Waals surface area contributed by atoms with Gasteiger partial charge in [-0.3, -0.25) is 0 Å². The van der Waals surface area contributed by atoms with E-state index in [1.165, 1.54) is 5.39 Å². The molecule has 2 heteroatoms. The average Bonchev–Trinajstić information content (AvgIpc) is 2.77.